The lowest BCUT2D eigenvalue weighted by atomic mass is 9.69. The fraction of sp³-hybridized carbons (Fsp3) is 0.632. The van der Waals surface area contributed by atoms with Gasteiger partial charge in [0.2, 0.25) is 0 Å². The van der Waals surface area contributed by atoms with E-state index in [9.17, 15) is 9.90 Å². The van der Waals surface area contributed by atoms with Gasteiger partial charge in [0, 0.05) is 12.8 Å². The second-order valence-electron chi connectivity index (χ2n) is 6.74. The smallest absolute Gasteiger partial charge is 0.314 e. The molecule has 5 nitrogen and oxygen atoms in total. The molecule has 0 atom stereocenters. The van der Waals surface area contributed by atoms with Crippen LogP contribution >= 0.6 is 0 Å². The second-order valence-corrected chi connectivity index (χ2v) is 6.74. The normalized spacial score (nSPS) is 21.2. The van der Waals surface area contributed by atoms with Gasteiger partial charge in [0.1, 0.15) is 6.10 Å². The highest BCUT2D eigenvalue weighted by Crippen LogP contribution is 2.43. The quantitative estimate of drug-likeness (QED) is 0.892. The van der Waals surface area contributed by atoms with Crippen LogP contribution < -0.4 is 9.47 Å². The Balaban J connectivity index is 1.90. The third-order valence-electron chi connectivity index (χ3n) is 5.29. The minimum Gasteiger partial charge on any atom is -0.493 e. The average molecular weight is 334 g/mol. The lowest BCUT2D eigenvalue weighted by Gasteiger charge is -2.34. The van der Waals surface area contributed by atoms with Crippen LogP contribution in [0.3, 0.4) is 0 Å². The van der Waals surface area contributed by atoms with E-state index in [1.807, 2.05) is 18.2 Å². The molecule has 1 aromatic carbocycles. The summed E-state index contributed by atoms with van der Waals surface area (Å²) in [6.45, 7) is 1.40. The molecular formula is C19H26O5. The fourth-order valence-electron chi connectivity index (χ4n) is 3.82. The second kappa shape index (κ2) is 7.43. The Labute approximate surface area is 142 Å². The summed E-state index contributed by atoms with van der Waals surface area (Å²) in [5.74, 6) is 0.569. The van der Waals surface area contributed by atoms with Crippen molar-refractivity contribution in [1.82, 2.24) is 0 Å². The zero-order valence-corrected chi connectivity index (χ0v) is 14.3. The molecule has 1 aliphatic carbocycles. The van der Waals surface area contributed by atoms with Crippen molar-refractivity contribution in [2.45, 2.75) is 56.5 Å². The number of ether oxygens (including phenoxy) is 3. The molecule has 0 unspecified atom stereocenters. The standard InChI is InChI=1S/C19H26O5/c1-22-16-6-5-14(19(18(20)21)9-3-2-4-10-19)13-17(16)24-15-7-11-23-12-8-15/h5-6,13,15H,2-4,7-12H2,1H3,(H,20,21). The number of carboxylic acids is 1. The number of methoxy groups -OCH3 is 1. The van der Waals surface area contributed by atoms with Crippen LogP contribution in [-0.4, -0.2) is 37.5 Å². The minimum atomic E-state index is -0.793. The van der Waals surface area contributed by atoms with Gasteiger partial charge in [-0.05, 0) is 30.5 Å². The molecule has 0 amide bonds. The number of hydrogen-bond acceptors (Lipinski definition) is 4. The zero-order chi connectivity index (χ0) is 17.0. The summed E-state index contributed by atoms with van der Waals surface area (Å²) in [5, 5.41) is 9.89. The van der Waals surface area contributed by atoms with Crippen LogP contribution in [-0.2, 0) is 14.9 Å². The van der Waals surface area contributed by atoms with Crippen molar-refractivity contribution < 1.29 is 24.1 Å². The summed E-state index contributed by atoms with van der Waals surface area (Å²) in [6.07, 6.45) is 6.17. The molecule has 1 aliphatic heterocycles. The molecule has 3 rings (SSSR count). The van der Waals surface area contributed by atoms with Gasteiger partial charge in [-0.3, -0.25) is 4.79 Å². The van der Waals surface area contributed by atoms with Crippen molar-refractivity contribution in [1.29, 1.82) is 0 Å². The summed E-state index contributed by atoms with van der Waals surface area (Å²) >= 11 is 0. The predicted octanol–water partition coefficient (Wildman–Crippen LogP) is 3.54. The Kier molecular flexibility index (Phi) is 5.29. The fourth-order valence-corrected chi connectivity index (χ4v) is 3.82. The maximum atomic E-state index is 12.0. The van der Waals surface area contributed by atoms with E-state index in [2.05, 4.69) is 0 Å². The Bertz CT molecular complexity index is 571. The molecule has 0 bridgehead atoms. The van der Waals surface area contributed by atoms with Gasteiger partial charge >= 0.3 is 5.97 Å². The first-order valence-electron chi connectivity index (χ1n) is 8.82. The highest BCUT2D eigenvalue weighted by Gasteiger charge is 2.41. The molecule has 1 saturated heterocycles. The molecule has 2 aliphatic rings. The summed E-state index contributed by atoms with van der Waals surface area (Å²) in [4.78, 5) is 12.0. The lowest BCUT2D eigenvalue weighted by molar-refractivity contribution is -0.145. The number of hydrogen-bond donors (Lipinski definition) is 1. The molecule has 5 heteroatoms. The van der Waals surface area contributed by atoms with E-state index in [1.165, 1.54) is 0 Å². The Morgan fingerprint density at radius 3 is 2.50 bits per heavy atom. The molecule has 1 saturated carbocycles. The maximum Gasteiger partial charge on any atom is 0.314 e. The average Bonchev–Trinajstić information content (AvgIpc) is 2.63. The number of rotatable bonds is 5. The van der Waals surface area contributed by atoms with Gasteiger partial charge < -0.3 is 19.3 Å². The molecule has 1 heterocycles. The molecule has 2 fully saturated rings. The Morgan fingerprint density at radius 2 is 1.88 bits per heavy atom. The number of aliphatic carboxylic acids is 1. The van der Waals surface area contributed by atoms with Crippen LogP contribution in [0.2, 0.25) is 0 Å². The summed E-state index contributed by atoms with van der Waals surface area (Å²) in [6, 6.07) is 5.60. The summed E-state index contributed by atoms with van der Waals surface area (Å²) in [5.41, 5.74) is 0.0377. The van der Waals surface area contributed by atoms with Crippen LogP contribution in [0.5, 0.6) is 11.5 Å². The topological polar surface area (TPSA) is 65.0 Å². The van der Waals surface area contributed by atoms with Gasteiger partial charge in [-0.15, -0.1) is 0 Å². The Hall–Kier alpha value is -1.75. The van der Waals surface area contributed by atoms with Crippen molar-refractivity contribution in [3.63, 3.8) is 0 Å². The predicted molar refractivity (Wildman–Crippen MR) is 89.9 cm³/mol. The Morgan fingerprint density at radius 1 is 1.17 bits per heavy atom. The molecule has 1 N–H and O–H groups in total. The van der Waals surface area contributed by atoms with Crippen LogP contribution in [0.25, 0.3) is 0 Å². The van der Waals surface area contributed by atoms with Crippen molar-refractivity contribution in [2.75, 3.05) is 20.3 Å². The number of carbonyl (C=O) groups is 1. The van der Waals surface area contributed by atoms with Gasteiger partial charge in [-0.2, -0.15) is 0 Å². The monoisotopic (exact) mass is 334 g/mol. The maximum absolute atomic E-state index is 12.0. The van der Waals surface area contributed by atoms with Crippen molar-refractivity contribution in [2.24, 2.45) is 0 Å². The molecule has 0 aromatic heterocycles. The molecule has 132 valence electrons. The third kappa shape index (κ3) is 3.36. The first kappa shape index (κ1) is 17.1. The highest BCUT2D eigenvalue weighted by molar-refractivity contribution is 5.82. The lowest BCUT2D eigenvalue weighted by Crippen LogP contribution is -2.37. The van der Waals surface area contributed by atoms with E-state index in [4.69, 9.17) is 14.2 Å². The SMILES string of the molecule is COc1ccc(C2(C(=O)O)CCCCC2)cc1OC1CCOCC1. The summed E-state index contributed by atoms with van der Waals surface area (Å²) in [7, 11) is 1.61. The van der Waals surface area contributed by atoms with Gasteiger partial charge in [-0.25, -0.2) is 0 Å². The van der Waals surface area contributed by atoms with Crippen molar-refractivity contribution in [3.05, 3.63) is 23.8 Å². The molecular weight excluding hydrogens is 308 g/mol. The first-order chi connectivity index (χ1) is 11.7. The minimum absolute atomic E-state index is 0.0926. The largest absolute Gasteiger partial charge is 0.493 e. The van der Waals surface area contributed by atoms with E-state index in [0.717, 1.165) is 37.7 Å². The zero-order valence-electron chi connectivity index (χ0n) is 14.3. The van der Waals surface area contributed by atoms with E-state index >= 15 is 0 Å². The third-order valence-corrected chi connectivity index (χ3v) is 5.29. The van der Waals surface area contributed by atoms with Crippen LogP contribution in [0.4, 0.5) is 0 Å². The van der Waals surface area contributed by atoms with Crippen LogP contribution in [0.1, 0.15) is 50.5 Å². The highest BCUT2D eigenvalue weighted by atomic mass is 16.5. The van der Waals surface area contributed by atoms with Gasteiger partial charge in [-0.1, -0.05) is 25.3 Å². The van der Waals surface area contributed by atoms with E-state index < -0.39 is 11.4 Å². The molecule has 0 radical (unpaired) electrons. The van der Waals surface area contributed by atoms with Gasteiger partial charge in [0.25, 0.3) is 0 Å². The molecule has 0 spiro atoms. The van der Waals surface area contributed by atoms with E-state index in [1.54, 1.807) is 7.11 Å². The van der Waals surface area contributed by atoms with E-state index in [0.29, 0.717) is 37.6 Å². The summed E-state index contributed by atoms with van der Waals surface area (Å²) < 4.78 is 16.9. The van der Waals surface area contributed by atoms with Crippen LogP contribution in [0.15, 0.2) is 18.2 Å². The van der Waals surface area contributed by atoms with Gasteiger partial charge in [0.05, 0.1) is 25.7 Å². The first-order valence-corrected chi connectivity index (χ1v) is 8.82. The number of benzene rings is 1. The molecule has 1 aromatic rings. The van der Waals surface area contributed by atoms with E-state index in [-0.39, 0.29) is 6.10 Å². The van der Waals surface area contributed by atoms with Crippen LogP contribution in [0, 0.1) is 0 Å². The number of carboxylic acid groups (broad SMARTS) is 1. The van der Waals surface area contributed by atoms with Crippen molar-refractivity contribution in [3.8, 4) is 11.5 Å². The van der Waals surface area contributed by atoms with Gasteiger partial charge in [0.15, 0.2) is 11.5 Å². The van der Waals surface area contributed by atoms with Crippen molar-refractivity contribution >= 4 is 5.97 Å². The molecule has 24 heavy (non-hydrogen) atoms.